The summed E-state index contributed by atoms with van der Waals surface area (Å²) in [6.07, 6.45) is 1.48. The lowest BCUT2D eigenvalue weighted by atomic mass is 10.0. The maximum absolute atomic E-state index is 13.1. The number of imide groups is 1. The van der Waals surface area contributed by atoms with Crippen LogP contribution in [0.3, 0.4) is 0 Å². The molecule has 8 heteroatoms. The molecule has 2 aromatic rings. The van der Waals surface area contributed by atoms with E-state index in [-0.39, 0.29) is 30.2 Å². The summed E-state index contributed by atoms with van der Waals surface area (Å²) in [4.78, 5) is 39.8. The SMILES string of the molecule is O=C(NC1CC[NH+]([C@@H]2CC(=O)N(c3ccc(F)cc3)C2=O)CC1)c1ccc(F)cc1. The molecule has 2 saturated heterocycles. The number of hydrogen-bond donors (Lipinski definition) is 2. The number of carbonyl (C=O) groups excluding carboxylic acids is 3. The van der Waals surface area contributed by atoms with E-state index in [9.17, 15) is 23.2 Å². The average Bonchev–Trinajstić information content (AvgIpc) is 3.04. The number of rotatable bonds is 4. The van der Waals surface area contributed by atoms with E-state index < -0.39 is 17.7 Å². The van der Waals surface area contributed by atoms with E-state index in [2.05, 4.69) is 5.32 Å². The molecule has 1 atom stereocenters. The molecule has 0 radical (unpaired) electrons. The van der Waals surface area contributed by atoms with E-state index in [1.165, 1.54) is 48.5 Å². The molecule has 2 fully saturated rings. The topological polar surface area (TPSA) is 70.9 Å². The van der Waals surface area contributed by atoms with Crippen LogP contribution in [0.1, 0.15) is 29.6 Å². The minimum atomic E-state index is -0.462. The van der Waals surface area contributed by atoms with Crippen LogP contribution in [0.4, 0.5) is 14.5 Å². The summed E-state index contributed by atoms with van der Waals surface area (Å²) in [7, 11) is 0. The lowest BCUT2D eigenvalue weighted by molar-refractivity contribution is -0.919. The van der Waals surface area contributed by atoms with Crippen molar-refractivity contribution < 1.29 is 28.1 Å². The number of hydrogen-bond acceptors (Lipinski definition) is 3. The number of likely N-dealkylation sites (tertiary alicyclic amines) is 1. The van der Waals surface area contributed by atoms with Crippen molar-refractivity contribution in [3.8, 4) is 0 Å². The number of halogens is 2. The van der Waals surface area contributed by atoms with E-state index in [1.807, 2.05) is 0 Å². The second-order valence-corrected chi connectivity index (χ2v) is 7.71. The van der Waals surface area contributed by atoms with Gasteiger partial charge >= 0.3 is 0 Å². The molecule has 2 aliphatic rings. The smallest absolute Gasteiger partial charge is 0.292 e. The van der Waals surface area contributed by atoms with Crippen LogP contribution < -0.4 is 15.1 Å². The highest BCUT2D eigenvalue weighted by molar-refractivity contribution is 6.21. The Morgan fingerprint density at radius 2 is 1.50 bits per heavy atom. The second-order valence-electron chi connectivity index (χ2n) is 7.71. The van der Waals surface area contributed by atoms with Crippen molar-refractivity contribution in [2.24, 2.45) is 0 Å². The Morgan fingerprint density at radius 3 is 2.10 bits per heavy atom. The van der Waals surface area contributed by atoms with Crippen molar-refractivity contribution in [2.75, 3.05) is 18.0 Å². The normalized spacial score (nSPS) is 24.2. The van der Waals surface area contributed by atoms with Crippen molar-refractivity contribution in [3.05, 3.63) is 65.7 Å². The molecule has 0 spiro atoms. The van der Waals surface area contributed by atoms with Crippen LogP contribution in [0, 0.1) is 11.6 Å². The summed E-state index contributed by atoms with van der Waals surface area (Å²) in [5, 5.41) is 2.95. The Morgan fingerprint density at radius 1 is 0.933 bits per heavy atom. The zero-order valence-corrected chi connectivity index (χ0v) is 16.2. The number of amides is 3. The molecule has 2 heterocycles. The Balaban J connectivity index is 1.34. The summed E-state index contributed by atoms with van der Waals surface area (Å²) in [6.45, 7) is 1.30. The molecule has 0 aromatic heterocycles. The van der Waals surface area contributed by atoms with Gasteiger partial charge < -0.3 is 10.2 Å². The molecule has 156 valence electrons. The van der Waals surface area contributed by atoms with Crippen molar-refractivity contribution in [2.45, 2.75) is 31.3 Å². The fourth-order valence-corrected chi connectivity index (χ4v) is 4.16. The number of quaternary nitrogens is 1. The third kappa shape index (κ3) is 4.09. The van der Waals surface area contributed by atoms with Crippen molar-refractivity contribution in [1.82, 2.24) is 5.32 Å². The fraction of sp³-hybridized carbons (Fsp3) is 0.318. The third-order valence-electron chi connectivity index (χ3n) is 5.79. The Labute approximate surface area is 172 Å². The molecule has 0 unspecified atom stereocenters. The van der Waals surface area contributed by atoms with E-state index >= 15 is 0 Å². The van der Waals surface area contributed by atoms with Gasteiger partial charge in [-0.1, -0.05) is 0 Å². The maximum Gasteiger partial charge on any atom is 0.292 e. The summed E-state index contributed by atoms with van der Waals surface area (Å²) in [6, 6.07) is 10.2. The lowest BCUT2D eigenvalue weighted by Gasteiger charge is -2.32. The zero-order chi connectivity index (χ0) is 21.3. The van der Waals surface area contributed by atoms with Gasteiger partial charge in [-0.05, 0) is 48.5 Å². The van der Waals surface area contributed by atoms with E-state index in [0.29, 0.717) is 37.2 Å². The molecule has 0 aliphatic carbocycles. The van der Waals surface area contributed by atoms with Crippen LogP contribution in [0.25, 0.3) is 0 Å². The summed E-state index contributed by atoms with van der Waals surface area (Å²) in [5.41, 5.74) is 0.785. The van der Waals surface area contributed by atoms with Gasteiger partial charge in [0.15, 0.2) is 6.04 Å². The first-order valence-corrected chi connectivity index (χ1v) is 9.96. The first-order valence-electron chi connectivity index (χ1n) is 9.96. The third-order valence-corrected chi connectivity index (χ3v) is 5.79. The highest BCUT2D eigenvalue weighted by Crippen LogP contribution is 2.22. The van der Waals surface area contributed by atoms with E-state index in [1.54, 1.807) is 0 Å². The van der Waals surface area contributed by atoms with Gasteiger partial charge in [0, 0.05) is 24.4 Å². The van der Waals surface area contributed by atoms with Crippen LogP contribution in [0.5, 0.6) is 0 Å². The standard InChI is InChI=1S/C22H21F2N3O3/c23-15-3-1-14(2-4-15)21(29)25-17-9-11-26(12-10-17)19-13-20(28)27(22(19)30)18-7-5-16(24)6-8-18/h1-8,17,19H,9-13H2,(H,25,29)/p+1/t19-/m1/s1. The van der Waals surface area contributed by atoms with E-state index in [0.717, 1.165) is 9.80 Å². The number of carbonyl (C=O) groups is 3. The van der Waals surface area contributed by atoms with Crippen LogP contribution in [-0.2, 0) is 9.59 Å². The molecule has 3 amide bonds. The largest absolute Gasteiger partial charge is 0.349 e. The predicted octanol–water partition coefficient (Wildman–Crippen LogP) is 1.07. The highest BCUT2D eigenvalue weighted by atomic mass is 19.1. The van der Waals surface area contributed by atoms with Gasteiger partial charge in [0.2, 0.25) is 5.91 Å². The molecule has 2 N–H and O–H groups in total. The number of benzene rings is 2. The van der Waals surface area contributed by atoms with Gasteiger partial charge in [0.05, 0.1) is 25.2 Å². The highest BCUT2D eigenvalue weighted by Gasteiger charge is 2.46. The number of nitrogens with zero attached hydrogens (tertiary/aromatic N) is 1. The molecular formula is C22H22F2N3O3+. The molecule has 0 saturated carbocycles. The molecule has 30 heavy (non-hydrogen) atoms. The van der Waals surface area contributed by atoms with Crippen molar-refractivity contribution >= 4 is 23.4 Å². The van der Waals surface area contributed by atoms with Crippen molar-refractivity contribution in [1.29, 1.82) is 0 Å². The molecular weight excluding hydrogens is 392 g/mol. The fourth-order valence-electron chi connectivity index (χ4n) is 4.16. The first-order chi connectivity index (χ1) is 14.4. The van der Waals surface area contributed by atoms with Gasteiger partial charge in [-0.2, -0.15) is 0 Å². The Bertz CT molecular complexity index is 955. The van der Waals surface area contributed by atoms with Crippen LogP contribution in [0.2, 0.25) is 0 Å². The van der Waals surface area contributed by atoms with Crippen molar-refractivity contribution in [3.63, 3.8) is 0 Å². The Kier molecular flexibility index (Phi) is 5.59. The summed E-state index contributed by atoms with van der Waals surface area (Å²) >= 11 is 0. The Hall–Kier alpha value is -3.13. The predicted molar refractivity (Wildman–Crippen MR) is 105 cm³/mol. The minimum Gasteiger partial charge on any atom is -0.349 e. The zero-order valence-electron chi connectivity index (χ0n) is 16.2. The average molecular weight is 414 g/mol. The maximum atomic E-state index is 13.1. The van der Waals surface area contributed by atoms with Crippen LogP contribution >= 0.6 is 0 Å². The van der Waals surface area contributed by atoms with Gasteiger partial charge in [-0.3, -0.25) is 14.4 Å². The summed E-state index contributed by atoms with van der Waals surface area (Å²) < 4.78 is 26.2. The van der Waals surface area contributed by atoms with Gasteiger partial charge in [-0.15, -0.1) is 0 Å². The minimum absolute atomic E-state index is 0.0355. The molecule has 2 aromatic carbocycles. The lowest BCUT2D eigenvalue weighted by Crippen LogP contribution is -3.17. The van der Waals surface area contributed by atoms with Crippen LogP contribution in [-0.4, -0.2) is 42.9 Å². The van der Waals surface area contributed by atoms with Gasteiger partial charge in [0.1, 0.15) is 11.6 Å². The first kappa shape index (κ1) is 20.2. The van der Waals surface area contributed by atoms with Gasteiger partial charge in [0.25, 0.3) is 11.8 Å². The monoisotopic (exact) mass is 414 g/mol. The number of nitrogens with one attached hydrogen (secondary N) is 2. The molecule has 2 aliphatic heterocycles. The second kappa shape index (κ2) is 8.31. The van der Waals surface area contributed by atoms with Gasteiger partial charge in [-0.25, -0.2) is 13.7 Å². The summed E-state index contributed by atoms with van der Waals surface area (Å²) in [5.74, 6) is -1.62. The quantitative estimate of drug-likeness (QED) is 0.736. The molecule has 0 bridgehead atoms. The molecule has 4 rings (SSSR count). The number of piperidine rings is 1. The number of anilines is 1. The van der Waals surface area contributed by atoms with Crippen LogP contribution in [0.15, 0.2) is 48.5 Å². The molecule has 6 nitrogen and oxygen atoms in total. The van der Waals surface area contributed by atoms with E-state index in [4.69, 9.17) is 0 Å².